The molecule has 1 N–H and O–H groups in total. The number of rotatable bonds is 14. The molecule has 4 amide bonds. The van der Waals surface area contributed by atoms with Crippen molar-refractivity contribution in [3.8, 4) is 0 Å². The first-order chi connectivity index (χ1) is 13.0. The molecule has 7 nitrogen and oxygen atoms in total. The highest BCUT2D eigenvalue weighted by molar-refractivity contribution is 6.01. The fourth-order valence-corrected chi connectivity index (χ4v) is 3.43. The zero-order valence-corrected chi connectivity index (χ0v) is 16.5. The number of nitrogens with zero attached hydrogens (tertiary/aromatic N) is 2. The molecule has 0 aromatic carbocycles. The van der Waals surface area contributed by atoms with Gasteiger partial charge in [0.2, 0.25) is 5.91 Å². The maximum atomic E-state index is 12.0. The van der Waals surface area contributed by atoms with Crippen LogP contribution in [-0.4, -0.2) is 28.8 Å². The van der Waals surface area contributed by atoms with Gasteiger partial charge in [0, 0.05) is 10.9 Å². The van der Waals surface area contributed by atoms with Crippen LogP contribution in [0.15, 0.2) is 17.5 Å². The van der Waals surface area contributed by atoms with Crippen molar-refractivity contribution < 1.29 is 14.4 Å². The second-order valence-electron chi connectivity index (χ2n) is 7.24. The van der Waals surface area contributed by atoms with Crippen LogP contribution in [-0.2, 0) is 9.59 Å². The molecule has 0 radical (unpaired) electrons. The largest absolute Gasteiger partial charge is 0.329 e. The third kappa shape index (κ3) is 8.45. The van der Waals surface area contributed by atoms with Gasteiger partial charge in [0.25, 0.3) is 0 Å². The predicted molar refractivity (Wildman–Crippen MR) is 105 cm³/mol. The summed E-state index contributed by atoms with van der Waals surface area (Å²) in [6.45, 7) is 5.91. The van der Waals surface area contributed by atoms with E-state index in [9.17, 15) is 19.3 Å². The molecule has 1 aliphatic heterocycles. The smallest absolute Gasteiger partial charge is 0.285 e. The maximum Gasteiger partial charge on any atom is 0.329 e. The second kappa shape index (κ2) is 13.2. The van der Waals surface area contributed by atoms with Gasteiger partial charge in [0.1, 0.15) is 6.04 Å². The van der Waals surface area contributed by atoms with E-state index in [0.29, 0.717) is 12.8 Å². The third-order valence-electron chi connectivity index (χ3n) is 4.94. The molecule has 7 heteroatoms. The van der Waals surface area contributed by atoms with Crippen molar-refractivity contribution in [1.29, 1.82) is 0 Å². The van der Waals surface area contributed by atoms with Gasteiger partial charge in [-0.2, -0.15) is 0 Å². The van der Waals surface area contributed by atoms with E-state index in [1.165, 1.54) is 44.9 Å². The number of amides is 4. The Morgan fingerprint density at radius 2 is 1.56 bits per heavy atom. The number of nitrogens with one attached hydrogen (secondary N) is 1. The molecule has 27 heavy (non-hydrogen) atoms. The maximum absolute atomic E-state index is 12.0. The van der Waals surface area contributed by atoms with Crippen LogP contribution < -0.4 is 5.32 Å². The molecule has 0 saturated carbocycles. The summed E-state index contributed by atoms with van der Waals surface area (Å²) in [5, 5.41) is 4.64. The Labute approximate surface area is 161 Å². The highest BCUT2D eigenvalue weighted by Gasteiger charge is 2.36. The monoisotopic (exact) mass is 379 g/mol. The molecule has 1 rings (SSSR count). The summed E-state index contributed by atoms with van der Waals surface area (Å²) >= 11 is 0. The Hall–Kier alpha value is -2.05. The van der Waals surface area contributed by atoms with Crippen LogP contribution in [0.3, 0.4) is 0 Å². The van der Waals surface area contributed by atoms with Crippen LogP contribution in [0.2, 0.25) is 0 Å². The lowest BCUT2D eigenvalue weighted by atomic mass is 10.0. The lowest BCUT2D eigenvalue weighted by Gasteiger charge is -2.33. The van der Waals surface area contributed by atoms with E-state index in [1.807, 2.05) is 0 Å². The van der Waals surface area contributed by atoms with Crippen molar-refractivity contribution in [3.63, 3.8) is 0 Å². The van der Waals surface area contributed by atoms with Crippen molar-refractivity contribution in [2.45, 2.75) is 96.4 Å². The van der Waals surface area contributed by atoms with Gasteiger partial charge in [-0.15, -0.1) is 4.91 Å². The molecule has 0 aromatic rings. The number of carbonyl (C=O) groups is 3. The van der Waals surface area contributed by atoms with Crippen molar-refractivity contribution in [1.82, 2.24) is 10.2 Å². The minimum atomic E-state index is -0.971. The Kier molecular flexibility index (Phi) is 11.2. The summed E-state index contributed by atoms with van der Waals surface area (Å²) in [6.07, 6.45) is 13.2. The van der Waals surface area contributed by atoms with Crippen LogP contribution in [0.5, 0.6) is 0 Å². The quantitative estimate of drug-likeness (QED) is 0.346. The number of carbonyl (C=O) groups excluding carboxylic acids is 3. The van der Waals surface area contributed by atoms with Crippen molar-refractivity contribution in [2.24, 2.45) is 5.18 Å². The number of urea groups is 1. The fraction of sp³-hybridized carbons (Fsp3) is 0.750. The molecule has 1 fully saturated rings. The van der Waals surface area contributed by atoms with E-state index in [2.05, 4.69) is 24.0 Å². The van der Waals surface area contributed by atoms with Crippen molar-refractivity contribution in [2.75, 3.05) is 0 Å². The van der Waals surface area contributed by atoms with Crippen LogP contribution in [0, 0.1) is 4.91 Å². The number of imide groups is 1. The fourth-order valence-electron chi connectivity index (χ4n) is 3.43. The van der Waals surface area contributed by atoms with E-state index in [1.54, 1.807) is 0 Å². The minimum absolute atomic E-state index is 0.0629. The van der Waals surface area contributed by atoms with E-state index >= 15 is 0 Å². The second-order valence-corrected chi connectivity index (χ2v) is 7.24. The first kappa shape index (κ1) is 23.0. The lowest BCUT2D eigenvalue weighted by molar-refractivity contribution is -0.125. The SMILES string of the molecule is C=C1CC(=O)NC(=O)N1C(CCCCCCCCCCCCC)C(=O)N=O. The molecule has 0 spiro atoms. The van der Waals surface area contributed by atoms with Gasteiger partial charge in [-0.05, 0) is 6.42 Å². The molecule has 0 aromatic heterocycles. The average molecular weight is 380 g/mol. The third-order valence-corrected chi connectivity index (χ3v) is 4.94. The average Bonchev–Trinajstić information content (AvgIpc) is 2.63. The molecule has 1 aliphatic rings. The topological polar surface area (TPSA) is 95.9 Å². The minimum Gasteiger partial charge on any atom is -0.285 e. The molecule has 1 saturated heterocycles. The first-order valence-electron chi connectivity index (χ1n) is 10.2. The summed E-state index contributed by atoms with van der Waals surface area (Å²) in [5.74, 6) is -1.35. The van der Waals surface area contributed by atoms with E-state index in [-0.39, 0.29) is 12.1 Å². The summed E-state index contributed by atoms with van der Waals surface area (Å²) in [6, 6.07) is -1.68. The van der Waals surface area contributed by atoms with Gasteiger partial charge in [-0.25, -0.2) is 4.79 Å². The first-order valence-corrected chi connectivity index (χ1v) is 10.2. The van der Waals surface area contributed by atoms with Gasteiger partial charge in [0.05, 0.1) is 6.42 Å². The van der Waals surface area contributed by atoms with Crippen LogP contribution in [0.1, 0.15) is 90.4 Å². The normalized spacial score (nSPS) is 15.6. The molecule has 1 heterocycles. The Bertz CT molecular complexity index is 513. The van der Waals surface area contributed by atoms with Crippen molar-refractivity contribution in [3.05, 3.63) is 17.2 Å². The highest BCUT2D eigenvalue weighted by atomic mass is 16.3. The van der Waals surface area contributed by atoms with Gasteiger partial charge in [-0.3, -0.25) is 19.8 Å². The lowest BCUT2D eigenvalue weighted by Crippen LogP contribution is -2.54. The Morgan fingerprint density at radius 1 is 1.04 bits per heavy atom. The molecule has 0 bridgehead atoms. The summed E-state index contributed by atoms with van der Waals surface area (Å²) < 4.78 is 0. The molecular weight excluding hydrogens is 346 g/mol. The number of nitroso groups, excluding NO2 is 1. The molecule has 152 valence electrons. The standard InChI is InChI=1S/C20H33N3O4/c1-3-4-5-6-7-8-9-10-11-12-13-14-17(19(25)22-27)23-16(2)15-18(24)21-20(23)26/h17H,2-15H2,1H3,(H,21,24,26). The summed E-state index contributed by atoms with van der Waals surface area (Å²) in [4.78, 5) is 47.1. The number of hydrogen-bond donors (Lipinski definition) is 1. The van der Waals surface area contributed by atoms with Crippen LogP contribution in [0.25, 0.3) is 0 Å². The van der Waals surface area contributed by atoms with Crippen molar-refractivity contribution >= 4 is 17.8 Å². The number of unbranched alkanes of at least 4 members (excludes halogenated alkanes) is 10. The van der Waals surface area contributed by atoms with E-state index in [0.717, 1.165) is 24.2 Å². The molecule has 0 aliphatic carbocycles. The Balaban J connectivity index is 2.29. The van der Waals surface area contributed by atoms with E-state index in [4.69, 9.17) is 0 Å². The van der Waals surface area contributed by atoms with Crippen LogP contribution >= 0.6 is 0 Å². The molecule has 1 atom stereocenters. The zero-order valence-electron chi connectivity index (χ0n) is 16.5. The van der Waals surface area contributed by atoms with Gasteiger partial charge >= 0.3 is 11.9 Å². The summed E-state index contributed by atoms with van der Waals surface area (Å²) in [7, 11) is 0. The highest BCUT2D eigenvalue weighted by Crippen LogP contribution is 2.22. The van der Waals surface area contributed by atoms with Gasteiger partial charge < -0.3 is 0 Å². The van der Waals surface area contributed by atoms with E-state index < -0.39 is 23.9 Å². The summed E-state index contributed by atoms with van der Waals surface area (Å²) in [5.41, 5.74) is 0.230. The van der Waals surface area contributed by atoms with Crippen LogP contribution in [0.4, 0.5) is 4.79 Å². The molecule has 1 unspecified atom stereocenters. The van der Waals surface area contributed by atoms with Gasteiger partial charge in [0.15, 0.2) is 0 Å². The predicted octanol–water partition coefficient (Wildman–Crippen LogP) is 4.80. The number of hydrogen-bond acceptors (Lipinski definition) is 4. The zero-order chi connectivity index (χ0) is 20.1. The molecular formula is C20H33N3O4. The Morgan fingerprint density at radius 3 is 2.04 bits per heavy atom. The van der Waals surface area contributed by atoms with Gasteiger partial charge in [-0.1, -0.05) is 84.1 Å².